The highest BCUT2D eigenvalue weighted by atomic mass is 32.2. The van der Waals surface area contributed by atoms with Gasteiger partial charge in [0.1, 0.15) is 0 Å². The van der Waals surface area contributed by atoms with E-state index in [0.29, 0.717) is 5.56 Å². The Balaban J connectivity index is 2.93. The molecule has 4 nitrogen and oxygen atoms in total. The average molecular weight is 271 g/mol. The van der Waals surface area contributed by atoms with Crippen LogP contribution < -0.4 is 4.72 Å². The maximum absolute atomic E-state index is 12.1. The number of rotatable bonds is 4. The summed E-state index contributed by atoms with van der Waals surface area (Å²) in [5.41, 5.74) is 0.552. The number of sulfonamides is 1. The standard InChI is InChI=1S/C13H21NO3S/c1-10(13(2,3)4)14-18(16,17)12-7-5-11(9-15)6-8-12/h5-8,10,14-15H,9H2,1-4H3. The molecule has 0 saturated carbocycles. The van der Waals surface area contributed by atoms with Gasteiger partial charge in [0.15, 0.2) is 0 Å². The zero-order valence-electron chi connectivity index (χ0n) is 11.3. The third-order valence-electron chi connectivity index (χ3n) is 3.05. The van der Waals surface area contributed by atoms with Crippen molar-refractivity contribution >= 4 is 10.0 Å². The largest absolute Gasteiger partial charge is 0.392 e. The Morgan fingerprint density at radius 3 is 2.11 bits per heavy atom. The average Bonchev–Trinajstić information content (AvgIpc) is 2.27. The van der Waals surface area contributed by atoms with E-state index < -0.39 is 10.0 Å². The predicted octanol–water partition coefficient (Wildman–Crippen LogP) is 1.89. The van der Waals surface area contributed by atoms with Crippen molar-refractivity contribution in [1.82, 2.24) is 4.72 Å². The molecule has 0 heterocycles. The van der Waals surface area contributed by atoms with E-state index in [0.717, 1.165) is 0 Å². The Morgan fingerprint density at radius 2 is 1.72 bits per heavy atom. The van der Waals surface area contributed by atoms with Crippen LogP contribution in [0.15, 0.2) is 29.2 Å². The maximum Gasteiger partial charge on any atom is 0.240 e. The van der Waals surface area contributed by atoms with E-state index in [9.17, 15) is 8.42 Å². The first-order chi connectivity index (χ1) is 8.16. The van der Waals surface area contributed by atoms with Crippen molar-refractivity contribution in [2.24, 2.45) is 5.41 Å². The minimum absolute atomic E-state index is 0.0911. The van der Waals surface area contributed by atoms with Gasteiger partial charge < -0.3 is 5.11 Å². The summed E-state index contributed by atoms with van der Waals surface area (Å²) >= 11 is 0. The minimum atomic E-state index is -3.50. The molecular weight excluding hydrogens is 250 g/mol. The van der Waals surface area contributed by atoms with Gasteiger partial charge in [-0.05, 0) is 30.0 Å². The second-order valence-corrected chi connectivity index (χ2v) is 7.23. The molecule has 1 rings (SSSR count). The van der Waals surface area contributed by atoms with Gasteiger partial charge in [-0.15, -0.1) is 0 Å². The maximum atomic E-state index is 12.1. The molecule has 0 saturated heterocycles. The van der Waals surface area contributed by atoms with E-state index in [-0.39, 0.29) is 23.0 Å². The van der Waals surface area contributed by atoms with Crippen LogP contribution in [0.2, 0.25) is 0 Å². The Bertz CT molecular complexity index is 486. The van der Waals surface area contributed by atoms with Crippen molar-refractivity contribution in [3.05, 3.63) is 29.8 Å². The van der Waals surface area contributed by atoms with Crippen molar-refractivity contribution in [3.8, 4) is 0 Å². The first-order valence-corrected chi connectivity index (χ1v) is 7.37. The third kappa shape index (κ3) is 3.80. The lowest BCUT2D eigenvalue weighted by Crippen LogP contribution is -2.41. The van der Waals surface area contributed by atoms with Gasteiger partial charge in [0.25, 0.3) is 0 Å². The van der Waals surface area contributed by atoms with Crippen molar-refractivity contribution in [1.29, 1.82) is 0 Å². The number of hydrogen-bond acceptors (Lipinski definition) is 3. The fourth-order valence-corrected chi connectivity index (χ4v) is 2.70. The first kappa shape index (κ1) is 15.1. The summed E-state index contributed by atoms with van der Waals surface area (Å²) in [6, 6.07) is 6.05. The topological polar surface area (TPSA) is 66.4 Å². The van der Waals surface area contributed by atoms with E-state index in [2.05, 4.69) is 4.72 Å². The number of hydrogen-bond donors (Lipinski definition) is 2. The Hall–Kier alpha value is -0.910. The predicted molar refractivity (Wildman–Crippen MR) is 71.6 cm³/mol. The molecule has 18 heavy (non-hydrogen) atoms. The molecule has 0 radical (unpaired) electrons. The molecule has 0 aromatic heterocycles. The lowest BCUT2D eigenvalue weighted by molar-refractivity contribution is 0.281. The highest BCUT2D eigenvalue weighted by molar-refractivity contribution is 7.89. The first-order valence-electron chi connectivity index (χ1n) is 5.89. The molecule has 0 amide bonds. The van der Waals surface area contributed by atoms with Crippen LogP contribution in [-0.2, 0) is 16.6 Å². The van der Waals surface area contributed by atoms with Crippen LogP contribution >= 0.6 is 0 Å². The highest BCUT2D eigenvalue weighted by Gasteiger charge is 2.25. The Morgan fingerprint density at radius 1 is 1.22 bits per heavy atom. The van der Waals surface area contributed by atoms with Gasteiger partial charge in [-0.25, -0.2) is 13.1 Å². The van der Waals surface area contributed by atoms with Crippen LogP contribution in [-0.4, -0.2) is 19.6 Å². The molecule has 0 aliphatic heterocycles. The molecule has 2 N–H and O–H groups in total. The van der Waals surface area contributed by atoms with Crippen LogP contribution in [0, 0.1) is 5.41 Å². The smallest absolute Gasteiger partial charge is 0.240 e. The second kappa shape index (κ2) is 5.38. The second-order valence-electron chi connectivity index (χ2n) is 5.51. The summed E-state index contributed by atoms with van der Waals surface area (Å²) in [6.45, 7) is 7.70. The lowest BCUT2D eigenvalue weighted by Gasteiger charge is -2.27. The number of benzene rings is 1. The van der Waals surface area contributed by atoms with Gasteiger partial charge in [0, 0.05) is 6.04 Å². The van der Waals surface area contributed by atoms with Gasteiger partial charge in [-0.2, -0.15) is 0 Å². The molecule has 0 aliphatic carbocycles. The summed E-state index contributed by atoms with van der Waals surface area (Å²) in [4.78, 5) is 0.218. The summed E-state index contributed by atoms with van der Waals surface area (Å²) < 4.78 is 26.9. The third-order valence-corrected chi connectivity index (χ3v) is 4.60. The molecule has 5 heteroatoms. The monoisotopic (exact) mass is 271 g/mol. The molecule has 0 bridgehead atoms. The van der Waals surface area contributed by atoms with Crippen LogP contribution in [0.4, 0.5) is 0 Å². The summed E-state index contributed by atoms with van der Waals surface area (Å²) in [7, 11) is -3.50. The number of aliphatic hydroxyl groups is 1. The minimum Gasteiger partial charge on any atom is -0.392 e. The van der Waals surface area contributed by atoms with Gasteiger partial charge in [0.05, 0.1) is 11.5 Å². The molecule has 0 spiro atoms. The Kier molecular flexibility index (Phi) is 4.53. The number of nitrogens with one attached hydrogen (secondary N) is 1. The van der Waals surface area contributed by atoms with Crippen LogP contribution in [0.1, 0.15) is 33.3 Å². The zero-order valence-corrected chi connectivity index (χ0v) is 12.1. The van der Waals surface area contributed by atoms with E-state index in [1.165, 1.54) is 12.1 Å². The quantitative estimate of drug-likeness (QED) is 0.879. The van der Waals surface area contributed by atoms with Gasteiger partial charge >= 0.3 is 0 Å². The van der Waals surface area contributed by atoms with E-state index >= 15 is 0 Å². The molecule has 0 aliphatic rings. The van der Waals surface area contributed by atoms with Gasteiger partial charge in [-0.1, -0.05) is 32.9 Å². The summed E-state index contributed by atoms with van der Waals surface area (Å²) in [6.07, 6.45) is 0. The molecule has 102 valence electrons. The lowest BCUT2D eigenvalue weighted by atomic mass is 9.89. The molecule has 1 unspecified atom stereocenters. The highest BCUT2D eigenvalue weighted by Crippen LogP contribution is 2.21. The fourth-order valence-electron chi connectivity index (χ4n) is 1.25. The summed E-state index contributed by atoms with van der Waals surface area (Å²) in [5, 5.41) is 8.92. The van der Waals surface area contributed by atoms with Crippen LogP contribution in [0.3, 0.4) is 0 Å². The summed E-state index contributed by atoms with van der Waals surface area (Å²) in [5.74, 6) is 0. The number of aliphatic hydroxyl groups excluding tert-OH is 1. The normalized spacial score (nSPS) is 14.5. The molecular formula is C13H21NO3S. The van der Waals surface area contributed by atoms with Crippen molar-refractivity contribution in [2.45, 2.75) is 45.2 Å². The molecule has 1 aromatic rings. The van der Waals surface area contributed by atoms with Crippen LogP contribution in [0.25, 0.3) is 0 Å². The Labute approximate surface area is 109 Å². The van der Waals surface area contributed by atoms with Gasteiger partial charge in [0.2, 0.25) is 10.0 Å². The van der Waals surface area contributed by atoms with Gasteiger partial charge in [-0.3, -0.25) is 0 Å². The molecule has 0 fully saturated rings. The van der Waals surface area contributed by atoms with Crippen molar-refractivity contribution < 1.29 is 13.5 Å². The zero-order chi connectivity index (χ0) is 14.0. The SMILES string of the molecule is CC(NS(=O)(=O)c1ccc(CO)cc1)C(C)(C)C. The molecule has 1 atom stereocenters. The van der Waals surface area contributed by atoms with Crippen molar-refractivity contribution in [2.75, 3.05) is 0 Å². The molecule has 1 aromatic carbocycles. The van der Waals surface area contributed by atoms with Crippen LogP contribution in [0.5, 0.6) is 0 Å². The fraction of sp³-hybridized carbons (Fsp3) is 0.538. The van der Waals surface area contributed by atoms with E-state index in [1.54, 1.807) is 12.1 Å². The van der Waals surface area contributed by atoms with E-state index in [1.807, 2.05) is 27.7 Å². The van der Waals surface area contributed by atoms with E-state index in [4.69, 9.17) is 5.11 Å². The van der Waals surface area contributed by atoms with Crippen molar-refractivity contribution in [3.63, 3.8) is 0 Å².